The highest BCUT2D eigenvalue weighted by Gasteiger charge is 2.27. The smallest absolute Gasteiger partial charge is 0.324 e. The van der Waals surface area contributed by atoms with Gasteiger partial charge in [-0.2, -0.15) is 4.72 Å². The summed E-state index contributed by atoms with van der Waals surface area (Å²) in [6.07, 6.45) is 1.57. The molecule has 2 aromatic rings. The third kappa shape index (κ3) is 4.12. The van der Waals surface area contributed by atoms with Crippen LogP contribution in [0.3, 0.4) is 0 Å². The largest absolute Gasteiger partial charge is 0.468 e. The van der Waals surface area contributed by atoms with Crippen LogP contribution < -0.4 is 4.72 Å². The number of ether oxygens (including phenoxy) is 1. The predicted octanol–water partition coefficient (Wildman–Crippen LogP) is 1.14. The fourth-order valence-corrected chi connectivity index (χ4v) is 3.05. The van der Waals surface area contributed by atoms with Crippen molar-refractivity contribution in [1.29, 1.82) is 0 Å². The number of sulfonamides is 1. The van der Waals surface area contributed by atoms with Gasteiger partial charge in [-0.25, -0.2) is 13.4 Å². The number of esters is 1. The molecular weight excluding hydrogens is 304 g/mol. The van der Waals surface area contributed by atoms with E-state index in [0.717, 1.165) is 5.56 Å². The van der Waals surface area contributed by atoms with Crippen molar-refractivity contribution in [2.24, 2.45) is 0 Å². The third-order valence-corrected chi connectivity index (χ3v) is 4.37. The Hall–Kier alpha value is -2.25. The predicted molar refractivity (Wildman–Crippen MR) is 80.5 cm³/mol. The standard InChI is InChI=1S/C15H16N2O4S/c1-21-15(18)13(11-12-7-3-2-4-8-12)17-22(19,20)14-9-5-6-10-16-14/h2-10,13,17H,11H2,1H3/t13-/m0/s1. The molecule has 0 amide bonds. The lowest BCUT2D eigenvalue weighted by Crippen LogP contribution is -2.43. The number of methoxy groups -OCH3 is 1. The van der Waals surface area contributed by atoms with Crippen molar-refractivity contribution in [1.82, 2.24) is 9.71 Å². The Bertz CT molecular complexity index is 718. The molecule has 0 saturated carbocycles. The SMILES string of the molecule is COC(=O)[C@H](Cc1ccccc1)NS(=O)(=O)c1ccccn1. The first-order valence-corrected chi connectivity index (χ1v) is 8.06. The lowest BCUT2D eigenvalue weighted by Gasteiger charge is -2.16. The van der Waals surface area contributed by atoms with E-state index < -0.39 is 22.0 Å². The fraction of sp³-hybridized carbons (Fsp3) is 0.200. The highest BCUT2D eigenvalue weighted by atomic mass is 32.2. The molecule has 1 aromatic carbocycles. The average Bonchev–Trinajstić information content (AvgIpc) is 2.55. The van der Waals surface area contributed by atoms with Crippen LogP contribution in [0.25, 0.3) is 0 Å². The number of pyridine rings is 1. The Balaban J connectivity index is 2.22. The Morgan fingerprint density at radius 2 is 1.86 bits per heavy atom. The minimum Gasteiger partial charge on any atom is -0.468 e. The molecule has 0 fully saturated rings. The minimum absolute atomic E-state index is 0.142. The lowest BCUT2D eigenvalue weighted by atomic mass is 10.1. The second-order valence-electron chi connectivity index (χ2n) is 4.55. The molecule has 22 heavy (non-hydrogen) atoms. The van der Waals surface area contributed by atoms with Gasteiger partial charge < -0.3 is 4.74 Å². The summed E-state index contributed by atoms with van der Waals surface area (Å²) in [6.45, 7) is 0. The monoisotopic (exact) mass is 320 g/mol. The van der Waals surface area contributed by atoms with Gasteiger partial charge in [0, 0.05) is 6.20 Å². The average molecular weight is 320 g/mol. The quantitative estimate of drug-likeness (QED) is 0.807. The number of benzene rings is 1. The number of rotatable bonds is 6. The fourth-order valence-electron chi connectivity index (χ4n) is 1.92. The van der Waals surface area contributed by atoms with Gasteiger partial charge >= 0.3 is 5.97 Å². The highest BCUT2D eigenvalue weighted by molar-refractivity contribution is 7.89. The summed E-state index contributed by atoms with van der Waals surface area (Å²) in [5.74, 6) is -0.650. The molecule has 0 unspecified atom stereocenters. The second kappa shape index (κ2) is 7.15. The summed E-state index contributed by atoms with van der Waals surface area (Å²) < 4.78 is 31.6. The number of carbonyl (C=O) groups is 1. The summed E-state index contributed by atoms with van der Waals surface area (Å²) >= 11 is 0. The number of hydrogen-bond acceptors (Lipinski definition) is 5. The molecule has 0 radical (unpaired) electrons. The van der Waals surface area contributed by atoms with Crippen LogP contribution in [0.5, 0.6) is 0 Å². The van der Waals surface area contributed by atoms with Gasteiger partial charge in [-0.1, -0.05) is 36.4 Å². The Labute approximate surface area is 129 Å². The van der Waals surface area contributed by atoms with Crippen molar-refractivity contribution < 1.29 is 17.9 Å². The Kier molecular flexibility index (Phi) is 5.24. The molecule has 1 heterocycles. The molecule has 2 rings (SSSR count). The van der Waals surface area contributed by atoms with E-state index in [9.17, 15) is 13.2 Å². The van der Waals surface area contributed by atoms with Crippen LogP contribution in [0.4, 0.5) is 0 Å². The van der Waals surface area contributed by atoms with Crippen LogP contribution >= 0.6 is 0 Å². The molecule has 0 spiro atoms. The van der Waals surface area contributed by atoms with Gasteiger partial charge in [0.2, 0.25) is 0 Å². The Morgan fingerprint density at radius 1 is 1.18 bits per heavy atom. The molecule has 1 N–H and O–H groups in total. The highest BCUT2D eigenvalue weighted by Crippen LogP contribution is 2.09. The zero-order chi connectivity index (χ0) is 16.0. The first kappa shape index (κ1) is 16.1. The third-order valence-electron chi connectivity index (χ3n) is 2.98. The van der Waals surface area contributed by atoms with Crippen molar-refractivity contribution in [3.05, 3.63) is 60.3 Å². The molecule has 7 heteroatoms. The molecule has 0 aliphatic rings. The van der Waals surface area contributed by atoms with E-state index in [4.69, 9.17) is 0 Å². The van der Waals surface area contributed by atoms with Gasteiger partial charge in [0.15, 0.2) is 5.03 Å². The Morgan fingerprint density at radius 3 is 2.45 bits per heavy atom. The van der Waals surface area contributed by atoms with Crippen LogP contribution in [0.1, 0.15) is 5.56 Å². The topological polar surface area (TPSA) is 85.4 Å². The molecule has 6 nitrogen and oxygen atoms in total. The second-order valence-corrected chi connectivity index (χ2v) is 6.22. The van der Waals surface area contributed by atoms with E-state index in [2.05, 4.69) is 14.4 Å². The first-order valence-electron chi connectivity index (χ1n) is 6.58. The molecule has 0 aliphatic carbocycles. The van der Waals surface area contributed by atoms with Crippen molar-refractivity contribution in [2.45, 2.75) is 17.5 Å². The summed E-state index contributed by atoms with van der Waals surface area (Å²) in [6, 6.07) is 12.6. The van der Waals surface area contributed by atoms with Gasteiger partial charge in [0.1, 0.15) is 6.04 Å². The molecule has 1 aromatic heterocycles. The number of nitrogens with zero attached hydrogens (tertiary/aromatic N) is 1. The van der Waals surface area contributed by atoms with Crippen LogP contribution in [0.15, 0.2) is 59.8 Å². The number of hydrogen-bond donors (Lipinski definition) is 1. The van der Waals surface area contributed by atoms with E-state index in [0.29, 0.717) is 0 Å². The van der Waals surface area contributed by atoms with Crippen LogP contribution in [0.2, 0.25) is 0 Å². The maximum atomic E-state index is 12.3. The molecular formula is C15H16N2O4S. The summed E-state index contributed by atoms with van der Waals surface area (Å²) in [5, 5.41) is -0.142. The summed E-state index contributed by atoms with van der Waals surface area (Å²) in [7, 11) is -2.68. The maximum Gasteiger partial charge on any atom is 0.324 e. The van der Waals surface area contributed by atoms with Crippen molar-refractivity contribution in [3.8, 4) is 0 Å². The number of nitrogens with one attached hydrogen (secondary N) is 1. The maximum absolute atomic E-state index is 12.3. The van der Waals surface area contributed by atoms with Crippen LogP contribution in [-0.4, -0.2) is 32.5 Å². The molecule has 116 valence electrons. The van der Waals surface area contributed by atoms with Crippen molar-refractivity contribution >= 4 is 16.0 Å². The zero-order valence-electron chi connectivity index (χ0n) is 12.0. The lowest BCUT2D eigenvalue weighted by molar-refractivity contribution is -0.142. The van der Waals surface area contributed by atoms with Gasteiger partial charge in [-0.05, 0) is 24.1 Å². The van der Waals surface area contributed by atoms with Gasteiger partial charge in [0.25, 0.3) is 10.0 Å². The first-order chi connectivity index (χ1) is 10.5. The zero-order valence-corrected chi connectivity index (χ0v) is 12.8. The van der Waals surface area contributed by atoms with E-state index in [1.807, 2.05) is 30.3 Å². The van der Waals surface area contributed by atoms with Gasteiger partial charge in [-0.15, -0.1) is 0 Å². The van der Waals surface area contributed by atoms with Crippen LogP contribution in [0, 0.1) is 0 Å². The van der Waals surface area contributed by atoms with E-state index in [1.54, 1.807) is 12.1 Å². The van der Waals surface area contributed by atoms with Crippen molar-refractivity contribution in [3.63, 3.8) is 0 Å². The number of carbonyl (C=O) groups excluding carboxylic acids is 1. The van der Waals surface area contributed by atoms with Gasteiger partial charge in [-0.3, -0.25) is 4.79 Å². The van der Waals surface area contributed by atoms with E-state index >= 15 is 0 Å². The van der Waals surface area contributed by atoms with Crippen molar-refractivity contribution in [2.75, 3.05) is 7.11 Å². The van der Waals surface area contributed by atoms with Gasteiger partial charge in [0.05, 0.1) is 7.11 Å². The van der Waals surface area contributed by atoms with E-state index in [-0.39, 0.29) is 11.4 Å². The van der Waals surface area contributed by atoms with Crippen LogP contribution in [-0.2, 0) is 26.0 Å². The molecule has 0 saturated heterocycles. The normalized spacial score (nSPS) is 12.6. The summed E-state index contributed by atoms with van der Waals surface area (Å²) in [5.41, 5.74) is 0.821. The minimum atomic E-state index is -3.90. The molecule has 0 bridgehead atoms. The number of aromatic nitrogens is 1. The van der Waals surface area contributed by atoms with E-state index in [1.165, 1.54) is 19.4 Å². The molecule has 1 atom stereocenters. The summed E-state index contributed by atoms with van der Waals surface area (Å²) in [4.78, 5) is 15.6. The molecule has 0 aliphatic heterocycles.